The van der Waals surface area contributed by atoms with E-state index < -0.39 is 5.97 Å². The van der Waals surface area contributed by atoms with Crippen molar-refractivity contribution in [2.45, 2.75) is 12.5 Å². The van der Waals surface area contributed by atoms with Gasteiger partial charge in [-0.3, -0.25) is 4.79 Å². The van der Waals surface area contributed by atoms with E-state index in [1.807, 2.05) is 24.3 Å². The third-order valence-corrected chi connectivity index (χ3v) is 2.18. The molecule has 68 valence electrons. The quantitative estimate of drug-likeness (QED) is 0.696. The Balaban J connectivity index is 2.08. The van der Waals surface area contributed by atoms with Crippen molar-refractivity contribution in [2.24, 2.45) is 5.92 Å². The standard InChI is InChI=1S/C10H10O3/c11-10(12)6-7-1-2-8-3-4-13-9(8)5-7/h1-5,8-9H,6H2,(H,11,12). The lowest BCUT2D eigenvalue weighted by atomic mass is 9.94. The SMILES string of the molecule is O=C(O)CC1=CC2OC=CC2C=C1. The molecule has 1 aliphatic carbocycles. The summed E-state index contributed by atoms with van der Waals surface area (Å²) in [6.07, 6.45) is 9.43. The Morgan fingerprint density at radius 3 is 3.15 bits per heavy atom. The number of carbonyl (C=O) groups is 1. The molecule has 13 heavy (non-hydrogen) atoms. The van der Waals surface area contributed by atoms with Crippen molar-refractivity contribution in [2.75, 3.05) is 0 Å². The molecule has 3 nitrogen and oxygen atoms in total. The van der Waals surface area contributed by atoms with Gasteiger partial charge in [-0.05, 0) is 17.7 Å². The minimum absolute atomic E-state index is 0.0133. The van der Waals surface area contributed by atoms with Crippen LogP contribution in [0.1, 0.15) is 6.42 Å². The lowest BCUT2D eigenvalue weighted by Crippen LogP contribution is -2.15. The Kier molecular flexibility index (Phi) is 1.93. The zero-order chi connectivity index (χ0) is 9.26. The molecule has 2 atom stereocenters. The Morgan fingerprint density at radius 1 is 1.54 bits per heavy atom. The average molecular weight is 178 g/mol. The normalized spacial score (nSPS) is 29.4. The molecule has 0 aromatic heterocycles. The van der Waals surface area contributed by atoms with E-state index in [9.17, 15) is 4.79 Å². The van der Waals surface area contributed by atoms with Crippen LogP contribution in [0.5, 0.6) is 0 Å². The number of carboxylic acids is 1. The van der Waals surface area contributed by atoms with Gasteiger partial charge in [0.05, 0.1) is 12.7 Å². The number of rotatable bonds is 2. The van der Waals surface area contributed by atoms with E-state index in [1.165, 1.54) is 0 Å². The minimum atomic E-state index is -0.805. The van der Waals surface area contributed by atoms with E-state index in [4.69, 9.17) is 9.84 Å². The second kappa shape index (κ2) is 3.09. The summed E-state index contributed by atoms with van der Waals surface area (Å²) in [7, 11) is 0. The first-order valence-electron chi connectivity index (χ1n) is 4.18. The van der Waals surface area contributed by atoms with E-state index in [0.29, 0.717) is 0 Å². The molecule has 0 saturated carbocycles. The van der Waals surface area contributed by atoms with Gasteiger partial charge in [0.1, 0.15) is 6.10 Å². The maximum absolute atomic E-state index is 10.4. The Hall–Kier alpha value is -1.51. The van der Waals surface area contributed by atoms with Gasteiger partial charge < -0.3 is 9.84 Å². The van der Waals surface area contributed by atoms with Gasteiger partial charge in [0.15, 0.2) is 0 Å². The van der Waals surface area contributed by atoms with E-state index in [0.717, 1.165) is 5.57 Å². The Bertz CT molecular complexity index is 312. The van der Waals surface area contributed by atoms with Crippen LogP contribution in [0.4, 0.5) is 0 Å². The molecule has 2 aliphatic rings. The van der Waals surface area contributed by atoms with Gasteiger partial charge >= 0.3 is 5.97 Å². The summed E-state index contributed by atoms with van der Waals surface area (Å²) in [5.74, 6) is -0.516. The largest absolute Gasteiger partial charge is 0.493 e. The average Bonchev–Trinajstić information content (AvgIpc) is 2.49. The van der Waals surface area contributed by atoms with Crippen LogP contribution in [0, 0.1) is 5.92 Å². The molecule has 0 fully saturated rings. The van der Waals surface area contributed by atoms with E-state index in [-0.39, 0.29) is 18.4 Å². The van der Waals surface area contributed by atoms with Crippen LogP contribution in [0.3, 0.4) is 0 Å². The fraction of sp³-hybridized carbons (Fsp3) is 0.300. The van der Waals surface area contributed by atoms with Crippen LogP contribution in [0.2, 0.25) is 0 Å². The molecule has 3 heteroatoms. The highest BCUT2D eigenvalue weighted by molar-refractivity contribution is 5.71. The maximum Gasteiger partial charge on any atom is 0.307 e. The molecular formula is C10H10O3. The van der Waals surface area contributed by atoms with Gasteiger partial charge in [0.25, 0.3) is 0 Å². The van der Waals surface area contributed by atoms with Gasteiger partial charge in [-0.25, -0.2) is 0 Å². The van der Waals surface area contributed by atoms with Crippen LogP contribution in [-0.4, -0.2) is 17.2 Å². The predicted octanol–water partition coefficient (Wildman–Crippen LogP) is 1.49. The van der Waals surface area contributed by atoms with E-state index in [1.54, 1.807) is 6.26 Å². The maximum atomic E-state index is 10.4. The number of hydrogen-bond donors (Lipinski definition) is 1. The number of carboxylic acid groups (broad SMARTS) is 1. The highest BCUT2D eigenvalue weighted by Crippen LogP contribution is 2.26. The predicted molar refractivity (Wildman–Crippen MR) is 47.0 cm³/mol. The summed E-state index contributed by atoms with van der Waals surface area (Å²) in [6.45, 7) is 0. The summed E-state index contributed by atoms with van der Waals surface area (Å²) in [6, 6.07) is 0. The highest BCUT2D eigenvalue weighted by Gasteiger charge is 2.23. The van der Waals surface area contributed by atoms with Gasteiger partial charge in [0, 0.05) is 5.92 Å². The minimum Gasteiger partial charge on any atom is -0.493 e. The lowest BCUT2D eigenvalue weighted by Gasteiger charge is -2.17. The molecule has 2 rings (SSSR count). The van der Waals surface area contributed by atoms with Crippen LogP contribution < -0.4 is 0 Å². The van der Waals surface area contributed by atoms with Crippen molar-refractivity contribution in [3.8, 4) is 0 Å². The summed E-state index contributed by atoms with van der Waals surface area (Å²) in [5, 5.41) is 8.58. The number of aliphatic carboxylic acids is 1. The first kappa shape index (κ1) is 8.10. The second-order valence-corrected chi connectivity index (χ2v) is 3.18. The van der Waals surface area contributed by atoms with Crippen LogP contribution in [-0.2, 0) is 9.53 Å². The third-order valence-electron chi connectivity index (χ3n) is 2.18. The number of ether oxygens (including phenoxy) is 1. The molecule has 1 aliphatic heterocycles. The van der Waals surface area contributed by atoms with Crippen molar-refractivity contribution >= 4 is 5.97 Å². The topological polar surface area (TPSA) is 46.5 Å². The van der Waals surface area contributed by atoms with Crippen molar-refractivity contribution in [3.63, 3.8) is 0 Å². The van der Waals surface area contributed by atoms with E-state index in [2.05, 4.69) is 0 Å². The van der Waals surface area contributed by atoms with Gasteiger partial charge in [-0.15, -0.1) is 0 Å². The fourth-order valence-electron chi connectivity index (χ4n) is 1.54. The van der Waals surface area contributed by atoms with Crippen molar-refractivity contribution in [1.82, 2.24) is 0 Å². The third kappa shape index (κ3) is 1.64. The molecule has 0 aromatic rings. The smallest absolute Gasteiger partial charge is 0.307 e. The number of allylic oxidation sites excluding steroid dienone is 1. The van der Waals surface area contributed by atoms with E-state index >= 15 is 0 Å². The summed E-state index contributed by atoms with van der Waals surface area (Å²) in [4.78, 5) is 10.4. The van der Waals surface area contributed by atoms with Crippen molar-refractivity contribution in [1.29, 1.82) is 0 Å². The fourth-order valence-corrected chi connectivity index (χ4v) is 1.54. The lowest BCUT2D eigenvalue weighted by molar-refractivity contribution is -0.136. The molecule has 0 saturated heterocycles. The number of fused-ring (bicyclic) bond motifs is 1. The van der Waals surface area contributed by atoms with Crippen LogP contribution in [0.15, 0.2) is 36.1 Å². The molecule has 1 N–H and O–H groups in total. The molecule has 0 bridgehead atoms. The molecular weight excluding hydrogens is 168 g/mol. The molecule has 0 aromatic carbocycles. The van der Waals surface area contributed by atoms with Gasteiger partial charge in [0.2, 0.25) is 0 Å². The Morgan fingerprint density at radius 2 is 2.38 bits per heavy atom. The molecule has 0 amide bonds. The summed E-state index contributed by atoms with van der Waals surface area (Å²) in [5.41, 5.74) is 0.817. The molecule has 0 radical (unpaired) electrons. The summed E-state index contributed by atoms with van der Waals surface area (Å²) < 4.78 is 5.27. The first-order chi connectivity index (χ1) is 6.25. The van der Waals surface area contributed by atoms with Gasteiger partial charge in [-0.2, -0.15) is 0 Å². The Labute approximate surface area is 76.0 Å². The van der Waals surface area contributed by atoms with Crippen LogP contribution in [0.25, 0.3) is 0 Å². The monoisotopic (exact) mass is 178 g/mol. The van der Waals surface area contributed by atoms with Gasteiger partial charge in [-0.1, -0.05) is 12.2 Å². The zero-order valence-electron chi connectivity index (χ0n) is 7.01. The second-order valence-electron chi connectivity index (χ2n) is 3.18. The van der Waals surface area contributed by atoms with Crippen LogP contribution >= 0.6 is 0 Å². The molecule has 2 unspecified atom stereocenters. The molecule has 0 spiro atoms. The summed E-state index contributed by atoms with van der Waals surface area (Å²) >= 11 is 0. The highest BCUT2D eigenvalue weighted by atomic mass is 16.5. The van der Waals surface area contributed by atoms with Crippen molar-refractivity contribution < 1.29 is 14.6 Å². The molecule has 1 heterocycles. The van der Waals surface area contributed by atoms with Crippen molar-refractivity contribution in [3.05, 3.63) is 36.1 Å². The zero-order valence-corrected chi connectivity index (χ0v) is 7.01. The first-order valence-corrected chi connectivity index (χ1v) is 4.18. The number of hydrogen-bond acceptors (Lipinski definition) is 2.